The lowest BCUT2D eigenvalue weighted by atomic mass is 10.3. The SMILES string of the molecule is Cc1ncc(Br)c(=O)n1CCCC#N. The minimum atomic E-state index is -0.0876. The first-order valence-electron chi connectivity index (χ1n) is 4.25. The average Bonchev–Trinajstić information content (AvgIpc) is 2.18. The van der Waals surface area contributed by atoms with Crippen LogP contribution in [0.4, 0.5) is 0 Å². The Bertz CT molecular complexity index is 419. The van der Waals surface area contributed by atoms with Crippen LogP contribution >= 0.6 is 15.9 Å². The van der Waals surface area contributed by atoms with Crippen molar-refractivity contribution in [2.75, 3.05) is 0 Å². The van der Waals surface area contributed by atoms with Crippen LogP contribution in [-0.4, -0.2) is 9.55 Å². The van der Waals surface area contributed by atoms with Gasteiger partial charge >= 0.3 is 0 Å². The van der Waals surface area contributed by atoms with E-state index in [0.29, 0.717) is 29.7 Å². The first-order valence-corrected chi connectivity index (χ1v) is 5.05. The van der Waals surface area contributed by atoms with Crippen LogP contribution in [0.3, 0.4) is 0 Å². The second-order valence-corrected chi connectivity index (χ2v) is 3.73. The Morgan fingerprint density at radius 3 is 3.07 bits per heavy atom. The Morgan fingerprint density at radius 1 is 1.71 bits per heavy atom. The molecule has 0 aliphatic heterocycles. The molecule has 0 radical (unpaired) electrons. The van der Waals surface area contributed by atoms with Gasteiger partial charge in [-0.1, -0.05) is 0 Å². The molecule has 4 nitrogen and oxygen atoms in total. The fourth-order valence-electron chi connectivity index (χ4n) is 1.13. The first-order chi connectivity index (χ1) is 6.66. The molecule has 0 saturated carbocycles. The number of hydrogen-bond donors (Lipinski definition) is 0. The summed E-state index contributed by atoms with van der Waals surface area (Å²) in [5.74, 6) is 0.677. The summed E-state index contributed by atoms with van der Waals surface area (Å²) in [6.45, 7) is 2.32. The van der Waals surface area contributed by atoms with Crippen molar-refractivity contribution in [3.63, 3.8) is 0 Å². The van der Waals surface area contributed by atoms with Crippen molar-refractivity contribution in [2.24, 2.45) is 0 Å². The van der Waals surface area contributed by atoms with E-state index in [4.69, 9.17) is 5.26 Å². The first kappa shape index (κ1) is 10.9. The minimum Gasteiger partial charge on any atom is -0.296 e. The standard InChI is InChI=1S/C9H10BrN3O/c1-7-12-6-8(10)9(14)13(7)5-3-2-4-11/h6H,2-3,5H2,1H3. The number of nitriles is 1. The second kappa shape index (κ2) is 4.91. The van der Waals surface area contributed by atoms with Gasteiger partial charge in [0.25, 0.3) is 5.56 Å². The number of aryl methyl sites for hydroxylation is 1. The van der Waals surface area contributed by atoms with Crippen molar-refractivity contribution < 1.29 is 0 Å². The van der Waals surface area contributed by atoms with Crippen LogP contribution in [0.1, 0.15) is 18.7 Å². The Balaban J connectivity index is 2.91. The molecule has 0 N–H and O–H groups in total. The maximum atomic E-state index is 11.6. The summed E-state index contributed by atoms with van der Waals surface area (Å²) < 4.78 is 2.03. The van der Waals surface area contributed by atoms with E-state index in [1.807, 2.05) is 6.07 Å². The van der Waals surface area contributed by atoms with E-state index >= 15 is 0 Å². The highest BCUT2D eigenvalue weighted by molar-refractivity contribution is 9.10. The molecule has 0 amide bonds. The van der Waals surface area contributed by atoms with Crippen LogP contribution < -0.4 is 5.56 Å². The Morgan fingerprint density at radius 2 is 2.43 bits per heavy atom. The molecule has 0 aliphatic rings. The number of hydrogen-bond acceptors (Lipinski definition) is 3. The van der Waals surface area contributed by atoms with E-state index in [2.05, 4.69) is 20.9 Å². The molecule has 1 rings (SSSR count). The van der Waals surface area contributed by atoms with Crippen LogP contribution in [0, 0.1) is 18.3 Å². The predicted molar refractivity (Wildman–Crippen MR) is 55.8 cm³/mol. The zero-order valence-electron chi connectivity index (χ0n) is 7.83. The summed E-state index contributed by atoms with van der Waals surface area (Å²) in [4.78, 5) is 15.6. The maximum absolute atomic E-state index is 11.6. The third-order valence-electron chi connectivity index (χ3n) is 1.88. The third-order valence-corrected chi connectivity index (χ3v) is 2.42. The molecule has 0 fully saturated rings. The Hall–Kier alpha value is -1.15. The van der Waals surface area contributed by atoms with Gasteiger partial charge in [0.2, 0.25) is 0 Å². The predicted octanol–water partition coefficient (Wildman–Crippen LogP) is 1.62. The molecule has 0 unspecified atom stereocenters. The topological polar surface area (TPSA) is 58.7 Å². The summed E-state index contributed by atoms with van der Waals surface area (Å²) in [7, 11) is 0. The van der Waals surface area contributed by atoms with Gasteiger partial charge < -0.3 is 0 Å². The zero-order chi connectivity index (χ0) is 10.6. The van der Waals surface area contributed by atoms with Crippen LogP contribution in [-0.2, 0) is 6.54 Å². The summed E-state index contributed by atoms with van der Waals surface area (Å²) in [5, 5.41) is 8.38. The molecule has 1 aromatic heterocycles. The molecule has 5 heteroatoms. The van der Waals surface area contributed by atoms with Crippen LogP contribution in [0.2, 0.25) is 0 Å². The van der Waals surface area contributed by atoms with E-state index < -0.39 is 0 Å². The molecule has 14 heavy (non-hydrogen) atoms. The smallest absolute Gasteiger partial charge is 0.267 e. The van der Waals surface area contributed by atoms with Gasteiger partial charge in [-0.3, -0.25) is 9.36 Å². The van der Waals surface area contributed by atoms with E-state index in [0.717, 1.165) is 0 Å². The highest BCUT2D eigenvalue weighted by atomic mass is 79.9. The van der Waals surface area contributed by atoms with E-state index in [1.54, 1.807) is 11.5 Å². The minimum absolute atomic E-state index is 0.0876. The number of nitrogens with zero attached hydrogens (tertiary/aromatic N) is 3. The van der Waals surface area contributed by atoms with E-state index in [1.165, 1.54) is 6.20 Å². The van der Waals surface area contributed by atoms with Gasteiger partial charge in [-0.2, -0.15) is 5.26 Å². The Labute approximate surface area is 90.3 Å². The van der Waals surface area contributed by atoms with Gasteiger partial charge in [-0.25, -0.2) is 4.98 Å². The van der Waals surface area contributed by atoms with Crippen LogP contribution in [0.15, 0.2) is 15.5 Å². The molecular weight excluding hydrogens is 246 g/mol. The van der Waals surface area contributed by atoms with Gasteiger partial charge in [0, 0.05) is 19.2 Å². The van der Waals surface area contributed by atoms with Crippen molar-refractivity contribution in [3.8, 4) is 6.07 Å². The molecule has 0 saturated heterocycles. The lowest BCUT2D eigenvalue weighted by molar-refractivity contribution is 0.597. The summed E-state index contributed by atoms with van der Waals surface area (Å²) in [5.41, 5.74) is -0.0876. The lowest BCUT2D eigenvalue weighted by Crippen LogP contribution is -2.24. The lowest BCUT2D eigenvalue weighted by Gasteiger charge is -2.07. The molecule has 0 bridgehead atoms. The van der Waals surface area contributed by atoms with Gasteiger partial charge in [0.1, 0.15) is 10.3 Å². The van der Waals surface area contributed by atoms with Crippen molar-refractivity contribution in [3.05, 3.63) is 26.8 Å². The van der Waals surface area contributed by atoms with Crippen molar-refractivity contribution in [2.45, 2.75) is 26.3 Å². The van der Waals surface area contributed by atoms with Gasteiger partial charge in [-0.05, 0) is 29.3 Å². The van der Waals surface area contributed by atoms with E-state index in [-0.39, 0.29) is 5.56 Å². The van der Waals surface area contributed by atoms with Crippen molar-refractivity contribution >= 4 is 15.9 Å². The molecule has 74 valence electrons. The van der Waals surface area contributed by atoms with Crippen LogP contribution in [0.5, 0.6) is 0 Å². The fourth-order valence-corrected chi connectivity index (χ4v) is 1.45. The monoisotopic (exact) mass is 255 g/mol. The highest BCUT2D eigenvalue weighted by Gasteiger charge is 2.04. The molecule has 0 aliphatic carbocycles. The third kappa shape index (κ3) is 2.42. The van der Waals surface area contributed by atoms with Gasteiger partial charge in [0.05, 0.1) is 6.07 Å². The zero-order valence-corrected chi connectivity index (χ0v) is 9.41. The molecule has 0 atom stereocenters. The quantitative estimate of drug-likeness (QED) is 0.772. The number of unbranched alkanes of at least 4 members (excludes halogenated alkanes) is 1. The average molecular weight is 256 g/mol. The number of halogens is 1. The maximum Gasteiger partial charge on any atom is 0.267 e. The number of aromatic nitrogens is 2. The summed E-state index contributed by atoms with van der Waals surface area (Å²) in [6.07, 6.45) is 2.63. The van der Waals surface area contributed by atoms with Crippen molar-refractivity contribution in [1.29, 1.82) is 5.26 Å². The normalized spacial score (nSPS) is 9.79. The molecule has 0 aromatic carbocycles. The fraction of sp³-hybridized carbons (Fsp3) is 0.444. The Kier molecular flexibility index (Phi) is 3.84. The van der Waals surface area contributed by atoms with Gasteiger partial charge in [0.15, 0.2) is 0 Å². The summed E-state index contributed by atoms with van der Waals surface area (Å²) in [6, 6.07) is 2.04. The van der Waals surface area contributed by atoms with Crippen molar-refractivity contribution in [1.82, 2.24) is 9.55 Å². The second-order valence-electron chi connectivity index (χ2n) is 2.87. The summed E-state index contributed by atoms with van der Waals surface area (Å²) >= 11 is 3.13. The van der Waals surface area contributed by atoms with Gasteiger partial charge in [-0.15, -0.1) is 0 Å². The molecule has 1 heterocycles. The number of rotatable bonds is 3. The molecule has 0 spiro atoms. The molecule has 1 aromatic rings. The van der Waals surface area contributed by atoms with E-state index in [9.17, 15) is 4.79 Å². The van der Waals surface area contributed by atoms with Crippen LogP contribution in [0.25, 0.3) is 0 Å². The largest absolute Gasteiger partial charge is 0.296 e. The highest BCUT2D eigenvalue weighted by Crippen LogP contribution is 2.02. The molecular formula is C9H10BrN3O.